The van der Waals surface area contributed by atoms with Crippen LogP contribution in [0.5, 0.6) is 0 Å². The van der Waals surface area contributed by atoms with Crippen molar-refractivity contribution in [1.82, 2.24) is 14.8 Å². The molecule has 0 saturated heterocycles. The smallest absolute Gasteiger partial charge is 0.338 e. The largest absolute Gasteiger partial charge is 0.459 e. The Kier molecular flexibility index (Phi) is 7.35. The second-order valence-electron chi connectivity index (χ2n) is 7.22. The van der Waals surface area contributed by atoms with E-state index in [2.05, 4.69) is 15.5 Å². The lowest BCUT2D eigenvalue weighted by molar-refractivity contribution is -0.113. The fourth-order valence-corrected chi connectivity index (χ4v) is 3.70. The van der Waals surface area contributed by atoms with Crippen LogP contribution in [-0.2, 0) is 16.6 Å². The molecule has 0 fully saturated rings. The summed E-state index contributed by atoms with van der Waals surface area (Å²) in [5, 5.41) is 12.1. The van der Waals surface area contributed by atoms with E-state index in [0.717, 1.165) is 17.0 Å². The molecule has 0 aliphatic rings. The average Bonchev–Trinajstić information content (AvgIpc) is 3.08. The zero-order valence-electron chi connectivity index (χ0n) is 17.7. The van der Waals surface area contributed by atoms with Gasteiger partial charge in [-0.2, -0.15) is 0 Å². The van der Waals surface area contributed by atoms with E-state index >= 15 is 0 Å². The molecule has 0 bridgehead atoms. The van der Waals surface area contributed by atoms with Crippen molar-refractivity contribution in [1.29, 1.82) is 0 Å². The number of benzene rings is 2. The van der Waals surface area contributed by atoms with Crippen LogP contribution in [0.1, 0.15) is 29.8 Å². The standard InChI is InChI=1S/C22H23ClN4O3S/c1-13(2)30-21(29)16-8-9-17(23)18(11-16)24-19(28)12-31-22-26-25-20(27(22)4)15-7-5-6-14(3)10-15/h5-11,13H,12H2,1-4H3,(H,24,28). The van der Waals surface area contributed by atoms with Gasteiger partial charge in [0.25, 0.3) is 0 Å². The summed E-state index contributed by atoms with van der Waals surface area (Å²) in [6.07, 6.45) is -0.242. The summed E-state index contributed by atoms with van der Waals surface area (Å²) in [5.74, 6) is 0.0864. The van der Waals surface area contributed by atoms with Crippen molar-refractivity contribution >= 4 is 40.9 Å². The lowest BCUT2D eigenvalue weighted by Gasteiger charge is -2.11. The number of aromatic nitrogens is 3. The van der Waals surface area contributed by atoms with Crippen LogP contribution in [0, 0.1) is 6.92 Å². The number of esters is 1. The second kappa shape index (κ2) is 9.98. The molecule has 162 valence electrons. The first-order valence-electron chi connectivity index (χ1n) is 9.64. The number of carbonyl (C=O) groups is 2. The first-order valence-corrected chi connectivity index (χ1v) is 11.0. The van der Waals surface area contributed by atoms with Crippen LogP contribution in [0.15, 0.2) is 47.6 Å². The van der Waals surface area contributed by atoms with E-state index in [1.165, 1.54) is 17.8 Å². The molecule has 2 aromatic carbocycles. The average molecular weight is 459 g/mol. The van der Waals surface area contributed by atoms with Crippen molar-refractivity contribution < 1.29 is 14.3 Å². The number of hydrogen-bond acceptors (Lipinski definition) is 6. The second-order valence-corrected chi connectivity index (χ2v) is 8.57. The Morgan fingerprint density at radius 3 is 2.68 bits per heavy atom. The molecule has 7 nitrogen and oxygen atoms in total. The minimum absolute atomic E-state index is 0.108. The number of carbonyl (C=O) groups excluding carboxylic acids is 2. The van der Waals surface area contributed by atoms with E-state index in [0.29, 0.717) is 21.4 Å². The summed E-state index contributed by atoms with van der Waals surface area (Å²) < 4.78 is 7.03. The number of amides is 1. The Hall–Kier alpha value is -2.84. The topological polar surface area (TPSA) is 86.1 Å². The molecule has 0 aliphatic carbocycles. The minimum atomic E-state index is -0.473. The molecule has 0 spiro atoms. The van der Waals surface area contributed by atoms with Crippen LogP contribution in [0.4, 0.5) is 5.69 Å². The maximum atomic E-state index is 12.5. The van der Waals surface area contributed by atoms with Crippen LogP contribution in [0.25, 0.3) is 11.4 Å². The number of halogens is 1. The molecule has 31 heavy (non-hydrogen) atoms. The summed E-state index contributed by atoms with van der Waals surface area (Å²) in [4.78, 5) is 24.6. The number of nitrogens with one attached hydrogen (secondary N) is 1. The van der Waals surface area contributed by atoms with Gasteiger partial charge in [0.2, 0.25) is 5.91 Å². The van der Waals surface area contributed by atoms with E-state index in [-0.39, 0.29) is 17.8 Å². The third-order valence-electron chi connectivity index (χ3n) is 4.26. The monoisotopic (exact) mass is 458 g/mol. The van der Waals surface area contributed by atoms with Gasteiger partial charge in [-0.05, 0) is 45.0 Å². The van der Waals surface area contributed by atoms with Crippen molar-refractivity contribution in [2.75, 3.05) is 11.1 Å². The molecule has 9 heteroatoms. The van der Waals surface area contributed by atoms with Crippen LogP contribution in [0.3, 0.4) is 0 Å². The Morgan fingerprint density at radius 1 is 1.19 bits per heavy atom. The Balaban J connectivity index is 1.65. The van der Waals surface area contributed by atoms with Gasteiger partial charge in [0.15, 0.2) is 11.0 Å². The quantitative estimate of drug-likeness (QED) is 0.406. The van der Waals surface area contributed by atoms with Gasteiger partial charge in [-0.15, -0.1) is 10.2 Å². The van der Waals surface area contributed by atoms with Gasteiger partial charge in [0.1, 0.15) is 0 Å². The Morgan fingerprint density at radius 2 is 1.97 bits per heavy atom. The van der Waals surface area contributed by atoms with Crippen molar-refractivity contribution in [3.8, 4) is 11.4 Å². The highest BCUT2D eigenvalue weighted by Crippen LogP contribution is 2.26. The molecule has 3 rings (SSSR count). The third kappa shape index (κ3) is 5.86. The van der Waals surface area contributed by atoms with E-state index in [4.69, 9.17) is 16.3 Å². The van der Waals surface area contributed by atoms with Crippen LogP contribution in [0.2, 0.25) is 5.02 Å². The van der Waals surface area contributed by atoms with Gasteiger partial charge < -0.3 is 14.6 Å². The van der Waals surface area contributed by atoms with Gasteiger partial charge in [-0.3, -0.25) is 4.79 Å². The lowest BCUT2D eigenvalue weighted by Crippen LogP contribution is -2.16. The number of rotatable bonds is 7. The molecule has 0 aliphatic heterocycles. The summed E-state index contributed by atoms with van der Waals surface area (Å²) >= 11 is 7.44. The fraction of sp³-hybridized carbons (Fsp3) is 0.273. The molecular formula is C22H23ClN4O3S. The number of hydrogen-bond donors (Lipinski definition) is 1. The zero-order valence-corrected chi connectivity index (χ0v) is 19.3. The number of nitrogens with zero attached hydrogens (tertiary/aromatic N) is 3. The van der Waals surface area contributed by atoms with E-state index in [1.807, 2.05) is 42.8 Å². The fourth-order valence-electron chi connectivity index (χ4n) is 2.82. The Labute approximate surface area is 190 Å². The van der Waals surface area contributed by atoms with Crippen LogP contribution < -0.4 is 5.32 Å². The summed E-state index contributed by atoms with van der Waals surface area (Å²) in [7, 11) is 1.86. The lowest BCUT2D eigenvalue weighted by atomic mass is 10.1. The van der Waals surface area contributed by atoms with Crippen molar-refractivity contribution in [3.63, 3.8) is 0 Å². The first-order chi connectivity index (χ1) is 14.7. The van der Waals surface area contributed by atoms with E-state index in [9.17, 15) is 9.59 Å². The molecule has 1 aromatic heterocycles. The zero-order chi connectivity index (χ0) is 22.5. The summed E-state index contributed by atoms with van der Waals surface area (Å²) in [5.41, 5.74) is 2.76. The molecule has 1 heterocycles. The highest BCUT2D eigenvalue weighted by molar-refractivity contribution is 7.99. The van der Waals surface area contributed by atoms with Crippen LogP contribution in [-0.4, -0.2) is 38.5 Å². The minimum Gasteiger partial charge on any atom is -0.459 e. The SMILES string of the molecule is Cc1cccc(-c2nnc(SCC(=O)Nc3cc(C(=O)OC(C)C)ccc3Cl)n2C)c1. The van der Waals surface area contributed by atoms with Gasteiger partial charge >= 0.3 is 5.97 Å². The number of aryl methyl sites for hydroxylation is 1. The van der Waals surface area contributed by atoms with Crippen molar-refractivity contribution in [2.24, 2.45) is 7.05 Å². The normalized spacial score (nSPS) is 10.9. The first kappa shape index (κ1) is 22.8. The summed E-state index contributed by atoms with van der Waals surface area (Å²) in [6.45, 7) is 5.55. The van der Waals surface area contributed by atoms with Gasteiger partial charge in [-0.25, -0.2) is 4.79 Å². The predicted molar refractivity (Wildman–Crippen MR) is 123 cm³/mol. The van der Waals surface area contributed by atoms with Gasteiger partial charge in [-0.1, -0.05) is 47.1 Å². The molecule has 0 atom stereocenters. The van der Waals surface area contributed by atoms with Gasteiger partial charge in [0, 0.05) is 12.6 Å². The van der Waals surface area contributed by atoms with Gasteiger partial charge in [0.05, 0.1) is 28.1 Å². The molecule has 0 saturated carbocycles. The predicted octanol–water partition coefficient (Wildman–Crippen LogP) is 4.74. The molecular weight excluding hydrogens is 436 g/mol. The molecule has 0 unspecified atom stereocenters. The van der Waals surface area contributed by atoms with Crippen molar-refractivity contribution in [2.45, 2.75) is 32.0 Å². The highest BCUT2D eigenvalue weighted by atomic mass is 35.5. The van der Waals surface area contributed by atoms with Crippen LogP contribution >= 0.6 is 23.4 Å². The molecule has 0 radical (unpaired) electrons. The highest BCUT2D eigenvalue weighted by Gasteiger charge is 2.16. The number of thioether (sulfide) groups is 1. The maximum absolute atomic E-state index is 12.5. The van der Waals surface area contributed by atoms with E-state index in [1.54, 1.807) is 26.0 Å². The third-order valence-corrected chi connectivity index (χ3v) is 5.61. The molecule has 1 N–H and O–H groups in total. The summed E-state index contributed by atoms with van der Waals surface area (Å²) in [6, 6.07) is 12.6. The maximum Gasteiger partial charge on any atom is 0.338 e. The van der Waals surface area contributed by atoms with E-state index < -0.39 is 5.97 Å². The molecule has 1 amide bonds. The number of ether oxygens (including phenoxy) is 1. The van der Waals surface area contributed by atoms with Crippen molar-refractivity contribution in [3.05, 3.63) is 58.6 Å². The Bertz CT molecular complexity index is 1110. The molecule has 3 aromatic rings. The number of anilines is 1.